The molecule has 0 aromatic carbocycles. The zero-order chi connectivity index (χ0) is 24.9. The molecular formula is C30H46O4. The normalized spacial score (nSPS) is 38.1. The SMILES string of the molecule is CCC(O)(/C=C/COC(C)(C)C1=CC[C@H]2C3=CC=C4C[C@@H](O)C[C@H](O)[C@]4(C)[C@H]3CC[C@]12C)CC. The number of aliphatic hydroxyl groups excluding tert-OH is 2. The quantitative estimate of drug-likeness (QED) is 0.421. The molecule has 4 heteroatoms. The van der Waals surface area contributed by atoms with E-state index in [1.807, 2.05) is 26.0 Å². The number of aliphatic hydroxyl groups is 3. The van der Waals surface area contributed by atoms with E-state index in [1.165, 1.54) is 16.7 Å². The number of allylic oxidation sites excluding steroid dienone is 4. The van der Waals surface area contributed by atoms with E-state index in [0.29, 0.717) is 44.1 Å². The molecule has 0 spiro atoms. The lowest BCUT2D eigenvalue weighted by molar-refractivity contribution is -0.0523. The Bertz CT molecular complexity index is 905. The fourth-order valence-electron chi connectivity index (χ4n) is 7.66. The van der Waals surface area contributed by atoms with Crippen molar-refractivity contribution in [1.29, 1.82) is 0 Å². The minimum absolute atomic E-state index is 0.0456. The summed E-state index contributed by atoms with van der Waals surface area (Å²) in [6.45, 7) is 13.5. The Labute approximate surface area is 206 Å². The maximum atomic E-state index is 11.1. The van der Waals surface area contributed by atoms with Crippen molar-refractivity contribution in [2.75, 3.05) is 6.61 Å². The molecule has 0 radical (unpaired) electrons. The maximum Gasteiger partial charge on any atom is 0.0845 e. The van der Waals surface area contributed by atoms with Crippen LogP contribution in [0.2, 0.25) is 0 Å². The van der Waals surface area contributed by atoms with Gasteiger partial charge in [-0.05, 0) is 75.2 Å². The first-order chi connectivity index (χ1) is 15.9. The van der Waals surface area contributed by atoms with Crippen LogP contribution in [-0.2, 0) is 4.74 Å². The van der Waals surface area contributed by atoms with Crippen LogP contribution in [0.4, 0.5) is 0 Å². The average Bonchev–Trinajstić information content (AvgIpc) is 3.16. The van der Waals surface area contributed by atoms with Crippen LogP contribution in [0, 0.1) is 22.7 Å². The monoisotopic (exact) mass is 470 g/mol. The zero-order valence-corrected chi connectivity index (χ0v) is 22.1. The first-order valence-electron chi connectivity index (χ1n) is 13.4. The highest BCUT2D eigenvalue weighted by Gasteiger charge is 2.58. The largest absolute Gasteiger partial charge is 0.393 e. The summed E-state index contributed by atoms with van der Waals surface area (Å²) in [7, 11) is 0. The van der Waals surface area contributed by atoms with Crippen LogP contribution >= 0.6 is 0 Å². The Hall–Kier alpha value is -1.20. The second-order valence-corrected chi connectivity index (χ2v) is 12.2. The van der Waals surface area contributed by atoms with Gasteiger partial charge in [-0.2, -0.15) is 0 Å². The molecule has 0 heterocycles. The Morgan fingerprint density at radius 2 is 1.82 bits per heavy atom. The van der Waals surface area contributed by atoms with Gasteiger partial charge in [0.2, 0.25) is 0 Å². The molecule has 6 atom stereocenters. The molecular weight excluding hydrogens is 424 g/mol. The Morgan fingerprint density at radius 1 is 1.12 bits per heavy atom. The van der Waals surface area contributed by atoms with Crippen molar-refractivity contribution in [3.05, 3.63) is 47.1 Å². The van der Waals surface area contributed by atoms with Gasteiger partial charge >= 0.3 is 0 Å². The molecule has 0 saturated heterocycles. The van der Waals surface area contributed by atoms with E-state index in [0.717, 1.165) is 19.3 Å². The van der Waals surface area contributed by atoms with E-state index in [9.17, 15) is 15.3 Å². The van der Waals surface area contributed by atoms with E-state index >= 15 is 0 Å². The molecule has 0 aliphatic heterocycles. The topological polar surface area (TPSA) is 69.9 Å². The van der Waals surface area contributed by atoms with E-state index in [4.69, 9.17) is 4.74 Å². The van der Waals surface area contributed by atoms with Crippen molar-refractivity contribution in [3.8, 4) is 0 Å². The van der Waals surface area contributed by atoms with Crippen molar-refractivity contribution in [2.45, 2.75) is 110 Å². The summed E-state index contributed by atoms with van der Waals surface area (Å²) in [5, 5.41) is 31.8. The highest BCUT2D eigenvalue weighted by atomic mass is 16.5. The van der Waals surface area contributed by atoms with Gasteiger partial charge in [-0.1, -0.05) is 69.2 Å². The highest BCUT2D eigenvalue weighted by molar-refractivity contribution is 5.44. The second kappa shape index (κ2) is 9.03. The first-order valence-corrected chi connectivity index (χ1v) is 13.4. The van der Waals surface area contributed by atoms with Crippen molar-refractivity contribution in [3.63, 3.8) is 0 Å². The van der Waals surface area contributed by atoms with Gasteiger partial charge in [-0.25, -0.2) is 0 Å². The minimum atomic E-state index is -0.745. The molecule has 0 amide bonds. The lowest BCUT2D eigenvalue weighted by Gasteiger charge is -2.56. The summed E-state index contributed by atoms with van der Waals surface area (Å²) in [5.41, 5.74) is 2.74. The molecule has 2 saturated carbocycles. The van der Waals surface area contributed by atoms with Crippen LogP contribution in [0.15, 0.2) is 47.1 Å². The summed E-state index contributed by atoms with van der Waals surface area (Å²) in [6, 6.07) is 0. The van der Waals surface area contributed by atoms with Crippen LogP contribution in [0.3, 0.4) is 0 Å². The molecule has 3 N–H and O–H groups in total. The molecule has 0 aromatic heterocycles. The molecule has 4 aliphatic carbocycles. The number of hydrogen-bond acceptors (Lipinski definition) is 4. The van der Waals surface area contributed by atoms with E-state index < -0.39 is 17.8 Å². The third kappa shape index (κ3) is 4.09. The number of hydrogen-bond donors (Lipinski definition) is 3. The van der Waals surface area contributed by atoms with Gasteiger partial charge in [0, 0.05) is 11.8 Å². The zero-order valence-electron chi connectivity index (χ0n) is 22.1. The Balaban J connectivity index is 1.53. The summed E-state index contributed by atoms with van der Waals surface area (Å²) in [4.78, 5) is 0. The Morgan fingerprint density at radius 3 is 2.50 bits per heavy atom. The lowest BCUT2D eigenvalue weighted by Crippen LogP contribution is -2.52. The lowest BCUT2D eigenvalue weighted by atomic mass is 9.49. The summed E-state index contributed by atoms with van der Waals surface area (Å²) >= 11 is 0. The number of fused-ring (bicyclic) bond motifs is 5. The van der Waals surface area contributed by atoms with Crippen molar-refractivity contribution >= 4 is 0 Å². The van der Waals surface area contributed by atoms with Crippen LogP contribution in [0.25, 0.3) is 0 Å². The molecule has 4 rings (SSSR count). The van der Waals surface area contributed by atoms with E-state index in [1.54, 1.807) is 0 Å². The molecule has 0 unspecified atom stereocenters. The molecule has 0 bridgehead atoms. The third-order valence-corrected chi connectivity index (χ3v) is 10.1. The van der Waals surface area contributed by atoms with Gasteiger partial charge in [-0.3, -0.25) is 0 Å². The third-order valence-electron chi connectivity index (χ3n) is 10.1. The molecule has 4 nitrogen and oxygen atoms in total. The van der Waals surface area contributed by atoms with Crippen LogP contribution in [-0.4, -0.2) is 45.3 Å². The van der Waals surface area contributed by atoms with Gasteiger partial charge in [0.15, 0.2) is 0 Å². The average molecular weight is 471 g/mol. The van der Waals surface area contributed by atoms with Gasteiger partial charge in [0.25, 0.3) is 0 Å². The second-order valence-electron chi connectivity index (χ2n) is 12.2. The molecule has 0 aromatic rings. The predicted molar refractivity (Wildman–Crippen MR) is 137 cm³/mol. The summed E-state index contributed by atoms with van der Waals surface area (Å²) in [6.07, 6.45) is 15.6. The summed E-state index contributed by atoms with van der Waals surface area (Å²) < 4.78 is 6.42. The highest BCUT2D eigenvalue weighted by Crippen LogP contribution is 2.64. The van der Waals surface area contributed by atoms with Crippen molar-refractivity contribution in [2.24, 2.45) is 22.7 Å². The van der Waals surface area contributed by atoms with Crippen LogP contribution in [0.5, 0.6) is 0 Å². The molecule has 4 aliphatic rings. The standard InChI is InChI=1S/C30H46O4/c1-7-30(33,8-2)15-9-17-34-27(3,4)25-13-12-23-22-11-10-20-18-21(31)19-26(32)29(20,6)24(22)14-16-28(23,25)5/h9-11,13,15,21,23-24,26,31-33H,7-8,12,14,16-19H2,1-6H3/b15-9+/t21-,23+,24+,26+,28+,29+/m1/s1. The fourth-order valence-corrected chi connectivity index (χ4v) is 7.66. The van der Waals surface area contributed by atoms with Crippen molar-refractivity contribution < 1.29 is 20.1 Å². The minimum Gasteiger partial charge on any atom is -0.393 e. The predicted octanol–water partition coefficient (Wildman–Crippen LogP) is 5.64. The summed E-state index contributed by atoms with van der Waals surface area (Å²) in [5.74, 6) is 0.771. The number of ether oxygens (including phenoxy) is 1. The van der Waals surface area contributed by atoms with Crippen molar-refractivity contribution in [1.82, 2.24) is 0 Å². The molecule has 2 fully saturated rings. The van der Waals surface area contributed by atoms with Crippen LogP contribution in [0.1, 0.15) is 86.5 Å². The van der Waals surface area contributed by atoms with Gasteiger partial charge in [-0.15, -0.1) is 0 Å². The number of rotatable bonds is 7. The molecule has 190 valence electrons. The van der Waals surface area contributed by atoms with Gasteiger partial charge < -0.3 is 20.1 Å². The van der Waals surface area contributed by atoms with Crippen LogP contribution < -0.4 is 0 Å². The maximum absolute atomic E-state index is 11.1. The van der Waals surface area contributed by atoms with Gasteiger partial charge in [0.05, 0.1) is 30.0 Å². The Kier molecular flexibility index (Phi) is 6.87. The fraction of sp³-hybridized carbons (Fsp3) is 0.733. The molecule has 34 heavy (non-hydrogen) atoms. The van der Waals surface area contributed by atoms with E-state index in [-0.39, 0.29) is 16.4 Å². The smallest absolute Gasteiger partial charge is 0.0845 e. The van der Waals surface area contributed by atoms with E-state index in [2.05, 4.69) is 45.9 Å². The first kappa shape index (κ1) is 25.9. The van der Waals surface area contributed by atoms with Gasteiger partial charge in [0.1, 0.15) is 0 Å².